The van der Waals surface area contributed by atoms with Gasteiger partial charge in [-0.25, -0.2) is 0 Å². The van der Waals surface area contributed by atoms with Gasteiger partial charge in [0.25, 0.3) is 0 Å². The van der Waals surface area contributed by atoms with Gasteiger partial charge in [0, 0.05) is 0 Å². The van der Waals surface area contributed by atoms with E-state index in [4.69, 9.17) is 4.52 Å². The van der Waals surface area contributed by atoms with E-state index in [0.29, 0.717) is 12.0 Å². The van der Waals surface area contributed by atoms with Gasteiger partial charge in [0.15, 0.2) is 8.38 Å². The van der Waals surface area contributed by atoms with E-state index in [2.05, 4.69) is 19.6 Å². The molecule has 90 valence electrons. The standard InChI is InChI=1S/C13H21O2P/c1-3-16(14)15-7-6-13-5-4-12(10-13)8-11(2)9-13/h3-4,11,14H,1,5-10H2,2H3. The fourth-order valence-electron chi connectivity index (χ4n) is 3.26. The third-order valence-corrected chi connectivity index (χ3v) is 4.59. The Morgan fingerprint density at radius 3 is 3.31 bits per heavy atom. The fourth-order valence-corrected chi connectivity index (χ4v) is 3.64. The molecule has 2 aliphatic rings. The summed E-state index contributed by atoms with van der Waals surface area (Å²) in [6.07, 6.45) is 8.59. The lowest BCUT2D eigenvalue weighted by Gasteiger charge is -2.36. The van der Waals surface area contributed by atoms with Gasteiger partial charge >= 0.3 is 0 Å². The average molecular weight is 240 g/mol. The highest BCUT2D eigenvalue weighted by Gasteiger charge is 2.39. The molecule has 0 aromatic heterocycles. The van der Waals surface area contributed by atoms with Gasteiger partial charge in [0.1, 0.15) is 0 Å². The molecule has 1 N–H and O–H groups in total. The third kappa shape index (κ3) is 2.74. The van der Waals surface area contributed by atoms with Crippen LogP contribution in [0.25, 0.3) is 0 Å². The van der Waals surface area contributed by atoms with Crippen LogP contribution >= 0.6 is 8.38 Å². The SMILES string of the molecule is C=CP(O)OCCC12CC=C(CC(C)C1)C2. The third-order valence-electron chi connectivity index (χ3n) is 3.83. The molecule has 1 fully saturated rings. The molecule has 0 amide bonds. The smallest absolute Gasteiger partial charge is 0.193 e. The van der Waals surface area contributed by atoms with E-state index in [-0.39, 0.29) is 0 Å². The van der Waals surface area contributed by atoms with E-state index >= 15 is 0 Å². The van der Waals surface area contributed by atoms with Crippen LogP contribution in [0.1, 0.15) is 39.0 Å². The lowest BCUT2D eigenvalue weighted by atomic mass is 9.70. The minimum absolute atomic E-state index is 0.449. The Hall–Kier alpha value is -0.170. The molecule has 1 saturated carbocycles. The number of hydrogen-bond acceptors (Lipinski definition) is 2. The van der Waals surface area contributed by atoms with Gasteiger partial charge in [-0.15, -0.1) is 0 Å². The minimum Gasteiger partial charge on any atom is -0.347 e. The Bertz CT molecular complexity index is 300. The second kappa shape index (κ2) is 5.00. The number of allylic oxidation sites excluding steroid dienone is 2. The summed E-state index contributed by atoms with van der Waals surface area (Å²) in [5, 5.41) is 0. The summed E-state index contributed by atoms with van der Waals surface area (Å²) in [5.41, 5.74) is 2.10. The van der Waals surface area contributed by atoms with Crippen LogP contribution in [0.4, 0.5) is 0 Å². The molecule has 0 radical (unpaired) electrons. The second-order valence-corrected chi connectivity index (χ2v) is 6.55. The Balaban J connectivity index is 1.83. The molecule has 3 heteroatoms. The maximum atomic E-state index is 9.32. The first-order valence-electron chi connectivity index (χ1n) is 6.05. The summed E-state index contributed by atoms with van der Waals surface area (Å²) in [6.45, 7) is 6.54. The van der Waals surface area contributed by atoms with E-state index in [1.54, 1.807) is 5.57 Å². The van der Waals surface area contributed by atoms with Crippen LogP contribution in [0.2, 0.25) is 0 Å². The topological polar surface area (TPSA) is 29.5 Å². The van der Waals surface area contributed by atoms with Crippen molar-refractivity contribution in [2.75, 3.05) is 6.61 Å². The van der Waals surface area contributed by atoms with Gasteiger partial charge in [-0.1, -0.05) is 25.2 Å². The zero-order valence-electron chi connectivity index (χ0n) is 9.98. The molecule has 3 unspecified atom stereocenters. The van der Waals surface area contributed by atoms with Gasteiger partial charge in [-0.2, -0.15) is 0 Å². The Morgan fingerprint density at radius 2 is 2.56 bits per heavy atom. The molecule has 0 saturated heterocycles. The molecule has 0 heterocycles. The molecular formula is C13H21O2P. The molecule has 0 aliphatic heterocycles. The molecule has 2 bridgehead atoms. The van der Waals surface area contributed by atoms with Crippen LogP contribution < -0.4 is 0 Å². The van der Waals surface area contributed by atoms with E-state index in [9.17, 15) is 4.89 Å². The summed E-state index contributed by atoms with van der Waals surface area (Å²) in [5.74, 6) is 2.31. The normalized spacial score (nSPS) is 34.6. The van der Waals surface area contributed by atoms with Crippen molar-refractivity contribution in [3.63, 3.8) is 0 Å². The largest absolute Gasteiger partial charge is 0.347 e. The summed E-state index contributed by atoms with van der Waals surface area (Å²) in [4.78, 5) is 9.32. The molecule has 0 aromatic carbocycles. The first-order valence-corrected chi connectivity index (χ1v) is 7.33. The summed E-state index contributed by atoms with van der Waals surface area (Å²) in [6, 6.07) is 0. The minimum atomic E-state index is -1.38. The fraction of sp³-hybridized carbons (Fsp3) is 0.692. The second-order valence-electron chi connectivity index (χ2n) is 5.33. The van der Waals surface area contributed by atoms with Gasteiger partial charge in [-0.3, -0.25) is 0 Å². The van der Waals surface area contributed by atoms with Crippen LogP contribution in [0.15, 0.2) is 24.0 Å². The first kappa shape index (κ1) is 12.3. The Morgan fingerprint density at radius 1 is 1.75 bits per heavy atom. The van der Waals surface area contributed by atoms with Crippen LogP contribution in [0.5, 0.6) is 0 Å². The molecule has 2 aliphatic carbocycles. The van der Waals surface area contributed by atoms with Crippen molar-refractivity contribution in [2.24, 2.45) is 11.3 Å². The number of fused-ring (bicyclic) bond motifs is 2. The van der Waals surface area contributed by atoms with Crippen molar-refractivity contribution >= 4 is 8.38 Å². The molecule has 16 heavy (non-hydrogen) atoms. The molecule has 3 atom stereocenters. The number of rotatable bonds is 5. The van der Waals surface area contributed by atoms with Crippen molar-refractivity contribution in [2.45, 2.75) is 39.0 Å². The van der Waals surface area contributed by atoms with Crippen molar-refractivity contribution in [3.8, 4) is 0 Å². The quantitative estimate of drug-likeness (QED) is 0.582. The lowest BCUT2D eigenvalue weighted by molar-refractivity contribution is 0.153. The highest BCUT2D eigenvalue weighted by Crippen LogP contribution is 2.52. The van der Waals surface area contributed by atoms with E-state index in [1.165, 1.54) is 31.5 Å². The van der Waals surface area contributed by atoms with Crippen molar-refractivity contribution < 1.29 is 9.42 Å². The Kier molecular flexibility index (Phi) is 3.84. The molecule has 2 rings (SSSR count). The van der Waals surface area contributed by atoms with E-state index < -0.39 is 8.38 Å². The van der Waals surface area contributed by atoms with Crippen LogP contribution in [0.3, 0.4) is 0 Å². The molecular weight excluding hydrogens is 219 g/mol. The molecule has 2 nitrogen and oxygen atoms in total. The highest BCUT2D eigenvalue weighted by atomic mass is 31.2. The zero-order valence-corrected chi connectivity index (χ0v) is 10.9. The summed E-state index contributed by atoms with van der Waals surface area (Å²) in [7, 11) is -1.38. The monoisotopic (exact) mass is 240 g/mol. The van der Waals surface area contributed by atoms with Gasteiger partial charge in [0.05, 0.1) is 6.61 Å². The van der Waals surface area contributed by atoms with Gasteiger partial charge in [0.2, 0.25) is 0 Å². The van der Waals surface area contributed by atoms with Crippen molar-refractivity contribution in [3.05, 3.63) is 24.0 Å². The summed E-state index contributed by atoms with van der Waals surface area (Å²) >= 11 is 0. The van der Waals surface area contributed by atoms with Crippen molar-refractivity contribution in [1.82, 2.24) is 0 Å². The molecule has 0 aromatic rings. The van der Waals surface area contributed by atoms with Crippen LogP contribution in [-0.4, -0.2) is 11.5 Å². The highest BCUT2D eigenvalue weighted by molar-refractivity contribution is 7.49. The predicted octanol–water partition coefficient (Wildman–Crippen LogP) is 3.98. The Labute approximate surface area is 99.3 Å². The zero-order chi connectivity index (χ0) is 11.6. The van der Waals surface area contributed by atoms with E-state index in [1.807, 2.05) is 0 Å². The van der Waals surface area contributed by atoms with Crippen LogP contribution in [0, 0.1) is 11.3 Å². The first-order chi connectivity index (χ1) is 7.63. The van der Waals surface area contributed by atoms with Gasteiger partial charge in [-0.05, 0) is 49.3 Å². The number of hydrogen-bond donors (Lipinski definition) is 1. The van der Waals surface area contributed by atoms with Gasteiger partial charge < -0.3 is 9.42 Å². The predicted molar refractivity (Wildman–Crippen MR) is 68.1 cm³/mol. The lowest BCUT2D eigenvalue weighted by Crippen LogP contribution is -2.26. The maximum absolute atomic E-state index is 9.32. The maximum Gasteiger partial charge on any atom is 0.193 e. The molecule has 0 spiro atoms. The van der Waals surface area contributed by atoms with E-state index in [0.717, 1.165) is 12.3 Å². The summed E-state index contributed by atoms with van der Waals surface area (Å²) < 4.78 is 5.35. The average Bonchev–Trinajstić information content (AvgIpc) is 2.54. The van der Waals surface area contributed by atoms with Crippen LogP contribution in [-0.2, 0) is 4.52 Å². The van der Waals surface area contributed by atoms with Crippen molar-refractivity contribution in [1.29, 1.82) is 0 Å².